The Bertz CT molecular complexity index is 456. The molecule has 0 aliphatic rings. The van der Waals surface area contributed by atoms with E-state index < -0.39 is 0 Å². The molecule has 0 spiro atoms. The van der Waals surface area contributed by atoms with Crippen LogP contribution in [0.4, 0.5) is 0 Å². The van der Waals surface area contributed by atoms with E-state index in [-0.39, 0.29) is 5.41 Å². The van der Waals surface area contributed by atoms with Gasteiger partial charge in [-0.25, -0.2) is 0 Å². The van der Waals surface area contributed by atoms with E-state index in [1.54, 1.807) is 0 Å². The second kappa shape index (κ2) is 5.07. The minimum absolute atomic E-state index is 0.176. The number of furan rings is 1. The lowest BCUT2D eigenvalue weighted by atomic mass is 9.91. The summed E-state index contributed by atoms with van der Waals surface area (Å²) in [5.41, 5.74) is 0.176. The lowest BCUT2D eigenvalue weighted by Gasteiger charge is -2.23. The van der Waals surface area contributed by atoms with Crippen molar-refractivity contribution in [3.05, 3.63) is 46.0 Å². The molecule has 0 atom stereocenters. The van der Waals surface area contributed by atoms with Crippen molar-refractivity contribution in [2.75, 3.05) is 6.54 Å². The molecular weight excluding hydrogens is 230 g/mol. The van der Waals surface area contributed by atoms with Crippen molar-refractivity contribution >= 4 is 11.3 Å². The number of hydrogen-bond donors (Lipinski definition) is 1. The first-order valence-corrected chi connectivity index (χ1v) is 6.76. The zero-order chi connectivity index (χ0) is 12.3. The zero-order valence-corrected chi connectivity index (χ0v) is 11.4. The van der Waals surface area contributed by atoms with Gasteiger partial charge in [0, 0.05) is 16.8 Å². The molecule has 0 aliphatic heterocycles. The average Bonchev–Trinajstić information content (AvgIpc) is 2.89. The van der Waals surface area contributed by atoms with E-state index >= 15 is 0 Å². The Morgan fingerprint density at radius 1 is 1.29 bits per heavy atom. The van der Waals surface area contributed by atoms with E-state index in [0.29, 0.717) is 0 Å². The van der Waals surface area contributed by atoms with Crippen LogP contribution in [0.1, 0.15) is 30.2 Å². The second-order valence-electron chi connectivity index (χ2n) is 4.98. The number of aryl methyl sites for hydroxylation is 1. The Kier molecular flexibility index (Phi) is 3.69. The molecule has 0 unspecified atom stereocenters. The summed E-state index contributed by atoms with van der Waals surface area (Å²) in [5, 5.41) is 5.59. The lowest BCUT2D eigenvalue weighted by Crippen LogP contribution is -2.31. The first kappa shape index (κ1) is 12.4. The highest BCUT2D eigenvalue weighted by atomic mass is 32.1. The molecule has 2 aromatic heterocycles. The van der Waals surface area contributed by atoms with Gasteiger partial charge in [-0.15, -0.1) is 11.3 Å². The van der Waals surface area contributed by atoms with Gasteiger partial charge in [0.25, 0.3) is 0 Å². The Morgan fingerprint density at radius 3 is 2.71 bits per heavy atom. The van der Waals surface area contributed by atoms with Crippen LogP contribution in [0.3, 0.4) is 0 Å². The summed E-state index contributed by atoms with van der Waals surface area (Å²) < 4.78 is 5.53. The maximum Gasteiger partial charge on any atom is 0.117 e. The average molecular weight is 249 g/mol. The highest BCUT2D eigenvalue weighted by Crippen LogP contribution is 2.26. The van der Waals surface area contributed by atoms with Crippen molar-refractivity contribution < 1.29 is 4.42 Å². The van der Waals surface area contributed by atoms with Gasteiger partial charge in [-0.2, -0.15) is 0 Å². The van der Waals surface area contributed by atoms with Crippen LogP contribution in [0.2, 0.25) is 0 Å². The van der Waals surface area contributed by atoms with Gasteiger partial charge in [-0.05, 0) is 30.5 Å². The van der Waals surface area contributed by atoms with Gasteiger partial charge in [0.2, 0.25) is 0 Å². The Hall–Kier alpha value is -1.06. The maximum absolute atomic E-state index is 5.53. The van der Waals surface area contributed by atoms with Crippen molar-refractivity contribution in [2.45, 2.75) is 32.7 Å². The van der Waals surface area contributed by atoms with Crippen molar-refractivity contribution in [1.29, 1.82) is 0 Å². The summed E-state index contributed by atoms with van der Waals surface area (Å²) in [6, 6.07) is 8.34. The SMILES string of the molecule is Cc1ccc(CNCC(C)(C)c2cccs2)o1. The smallest absolute Gasteiger partial charge is 0.117 e. The van der Waals surface area contributed by atoms with Crippen molar-refractivity contribution in [1.82, 2.24) is 5.32 Å². The quantitative estimate of drug-likeness (QED) is 0.873. The van der Waals surface area contributed by atoms with Crippen LogP contribution < -0.4 is 5.32 Å². The molecular formula is C14H19NOS. The third-order valence-electron chi connectivity index (χ3n) is 2.85. The van der Waals surface area contributed by atoms with Crippen LogP contribution in [-0.2, 0) is 12.0 Å². The molecule has 17 heavy (non-hydrogen) atoms. The first-order valence-electron chi connectivity index (χ1n) is 5.88. The molecule has 0 bridgehead atoms. The van der Waals surface area contributed by atoms with Gasteiger partial charge in [-0.3, -0.25) is 0 Å². The molecule has 2 nitrogen and oxygen atoms in total. The molecule has 0 fully saturated rings. The third-order valence-corrected chi connectivity index (χ3v) is 4.09. The lowest BCUT2D eigenvalue weighted by molar-refractivity contribution is 0.427. The molecule has 2 heterocycles. The molecule has 2 rings (SSSR count). The number of nitrogens with one attached hydrogen (secondary N) is 1. The fourth-order valence-corrected chi connectivity index (χ4v) is 2.68. The predicted octanol–water partition coefficient (Wildman–Crippen LogP) is 3.72. The molecule has 0 aromatic carbocycles. The largest absolute Gasteiger partial charge is 0.465 e. The Balaban J connectivity index is 1.86. The van der Waals surface area contributed by atoms with Crippen LogP contribution in [0.25, 0.3) is 0 Å². The molecule has 0 amide bonds. The van der Waals surface area contributed by atoms with E-state index in [1.807, 2.05) is 30.4 Å². The number of rotatable bonds is 5. The van der Waals surface area contributed by atoms with E-state index in [1.165, 1.54) is 4.88 Å². The summed E-state index contributed by atoms with van der Waals surface area (Å²) in [6.07, 6.45) is 0. The van der Waals surface area contributed by atoms with Gasteiger partial charge < -0.3 is 9.73 Å². The number of hydrogen-bond acceptors (Lipinski definition) is 3. The summed E-state index contributed by atoms with van der Waals surface area (Å²) in [4.78, 5) is 1.42. The van der Waals surface area contributed by atoms with E-state index in [9.17, 15) is 0 Å². The monoisotopic (exact) mass is 249 g/mol. The fourth-order valence-electron chi connectivity index (χ4n) is 1.83. The van der Waals surface area contributed by atoms with Gasteiger partial charge >= 0.3 is 0 Å². The molecule has 3 heteroatoms. The van der Waals surface area contributed by atoms with Crippen molar-refractivity contribution in [2.24, 2.45) is 0 Å². The minimum atomic E-state index is 0.176. The van der Waals surface area contributed by atoms with Crippen LogP contribution >= 0.6 is 11.3 Å². The molecule has 0 saturated heterocycles. The Labute approximate surface area is 107 Å². The fraction of sp³-hybridized carbons (Fsp3) is 0.429. The molecule has 0 radical (unpaired) electrons. The van der Waals surface area contributed by atoms with Crippen LogP contribution in [0, 0.1) is 6.92 Å². The van der Waals surface area contributed by atoms with Gasteiger partial charge in [0.15, 0.2) is 0 Å². The molecule has 0 aliphatic carbocycles. The van der Waals surface area contributed by atoms with E-state index in [4.69, 9.17) is 4.42 Å². The highest BCUT2D eigenvalue weighted by molar-refractivity contribution is 7.10. The van der Waals surface area contributed by atoms with Gasteiger partial charge in [0.1, 0.15) is 11.5 Å². The van der Waals surface area contributed by atoms with Crippen molar-refractivity contribution in [3.8, 4) is 0 Å². The van der Waals surface area contributed by atoms with Crippen LogP contribution in [-0.4, -0.2) is 6.54 Å². The van der Waals surface area contributed by atoms with Gasteiger partial charge in [-0.1, -0.05) is 19.9 Å². The summed E-state index contributed by atoms with van der Waals surface area (Å²) in [6.45, 7) is 8.24. The van der Waals surface area contributed by atoms with Crippen LogP contribution in [0.15, 0.2) is 34.1 Å². The first-order chi connectivity index (χ1) is 8.08. The minimum Gasteiger partial charge on any atom is -0.465 e. The molecule has 92 valence electrons. The predicted molar refractivity (Wildman–Crippen MR) is 72.5 cm³/mol. The number of thiophene rings is 1. The normalized spacial score (nSPS) is 11.9. The van der Waals surface area contributed by atoms with E-state index in [0.717, 1.165) is 24.6 Å². The Morgan fingerprint density at radius 2 is 2.12 bits per heavy atom. The summed E-state index contributed by atoms with van der Waals surface area (Å²) >= 11 is 1.82. The molecule has 2 aromatic rings. The van der Waals surface area contributed by atoms with Crippen LogP contribution in [0.5, 0.6) is 0 Å². The highest BCUT2D eigenvalue weighted by Gasteiger charge is 2.21. The third kappa shape index (κ3) is 3.20. The standard InChI is InChI=1S/C14H19NOS/c1-11-6-7-12(16-11)9-15-10-14(2,3)13-5-4-8-17-13/h4-8,15H,9-10H2,1-3H3. The zero-order valence-electron chi connectivity index (χ0n) is 10.6. The van der Waals surface area contributed by atoms with Gasteiger partial charge in [0.05, 0.1) is 6.54 Å². The van der Waals surface area contributed by atoms with Crippen molar-refractivity contribution in [3.63, 3.8) is 0 Å². The maximum atomic E-state index is 5.53. The summed E-state index contributed by atoms with van der Waals surface area (Å²) in [7, 11) is 0. The second-order valence-corrected chi connectivity index (χ2v) is 5.92. The van der Waals surface area contributed by atoms with E-state index in [2.05, 4.69) is 36.7 Å². The topological polar surface area (TPSA) is 25.2 Å². The summed E-state index contributed by atoms with van der Waals surface area (Å²) in [5.74, 6) is 1.98. The molecule has 1 N–H and O–H groups in total. The molecule has 0 saturated carbocycles.